The first-order valence-electron chi connectivity index (χ1n) is 9.93. The summed E-state index contributed by atoms with van der Waals surface area (Å²) >= 11 is 0. The van der Waals surface area contributed by atoms with Gasteiger partial charge in [0.1, 0.15) is 0 Å². The summed E-state index contributed by atoms with van der Waals surface area (Å²) in [4.78, 5) is 3.45. The van der Waals surface area contributed by atoms with Gasteiger partial charge in [-0.25, -0.2) is 0 Å². The van der Waals surface area contributed by atoms with E-state index in [9.17, 15) is 0 Å². The molecule has 0 spiro atoms. The summed E-state index contributed by atoms with van der Waals surface area (Å²) in [6, 6.07) is 0.847. The van der Waals surface area contributed by atoms with E-state index in [1.54, 1.807) is 14.2 Å². The maximum atomic E-state index is 5.91. The van der Waals surface area contributed by atoms with Crippen molar-refractivity contribution in [1.29, 1.82) is 0 Å². The Morgan fingerprint density at radius 2 is 1.52 bits per heavy atom. The average Bonchev–Trinajstić information content (AvgIpc) is 2.63. The minimum Gasteiger partial charge on any atom is -0.395 e. The lowest BCUT2D eigenvalue weighted by Gasteiger charge is -2.28. The van der Waals surface area contributed by atoms with Crippen LogP contribution in [0.5, 0.6) is 0 Å². The highest BCUT2D eigenvalue weighted by Gasteiger charge is 2.39. The summed E-state index contributed by atoms with van der Waals surface area (Å²) < 4.78 is 29.2. The highest BCUT2D eigenvalue weighted by molar-refractivity contribution is 6.86. The first kappa shape index (κ1) is 27.0. The maximum Gasteiger partial charge on any atom is 0.500 e. The Hall–Kier alpha value is -0.0494. The van der Waals surface area contributed by atoms with Gasteiger partial charge in [0.25, 0.3) is 0 Å². The zero-order valence-corrected chi connectivity index (χ0v) is 22.1. The second-order valence-electron chi connectivity index (χ2n) is 6.56. The van der Waals surface area contributed by atoms with Crippen LogP contribution in [0.15, 0.2) is 11.0 Å². The second-order valence-corrected chi connectivity index (χ2v) is 15.1. The zero-order valence-electron chi connectivity index (χ0n) is 18.7. The van der Waals surface area contributed by atoms with Crippen molar-refractivity contribution in [2.24, 2.45) is 0 Å². The predicted molar refractivity (Wildman–Crippen MR) is 119 cm³/mol. The Labute approximate surface area is 171 Å². The van der Waals surface area contributed by atoms with Gasteiger partial charge in [0, 0.05) is 54.2 Å². The van der Waals surface area contributed by atoms with Gasteiger partial charge in [0.2, 0.25) is 0 Å². The minimum atomic E-state index is -2.52. The molecule has 0 rings (SSSR count). The fourth-order valence-corrected chi connectivity index (χ4v) is 10.9. The molecule has 0 radical (unpaired) electrons. The van der Waals surface area contributed by atoms with E-state index in [2.05, 4.69) is 23.0 Å². The Bertz CT molecular complexity index is 393. The minimum absolute atomic E-state index is 0.497. The molecule has 0 fully saturated rings. The molecule has 0 bridgehead atoms. The lowest BCUT2D eigenvalue weighted by molar-refractivity contribution is 0.0708. The molecular weight excluding hydrogens is 396 g/mol. The molecule has 0 aliphatic rings. The first-order chi connectivity index (χ1) is 12.8. The van der Waals surface area contributed by atoms with Crippen LogP contribution in [-0.2, 0) is 22.1 Å². The third-order valence-corrected chi connectivity index (χ3v) is 14.3. The van der Waals surface area contributed by atoms with Crippen LogP contribution in [0, 0.1) is 0 Å². The number of hydrogen-bond acceptors (Lipinski definition) is 7. The van der Waals surface area contributed by atoms with Crippen LogP contribution in [0.3, 0.4) is 0 Å². The first-order valence-corrected chi connectivity index (χ1v) is 15.9. The third kappa shape index (κ3) is 10.3. The van der Waals surface area contributed by atoms with Crippen LogP contribution >= 0.6 is 0 Å². The summed E-state index contributed by atoms with van der Waals surface area (Å²) in [5.74, 6) is 0. The van der Waals surface area contributed by atoms with Gasteiger partial charge in [-0.15, -0.1) is 0 Å². The lowest BCUT2D eigenvalue weighted by atomic mass is 10.5. The summed E-state index contributed by atoms with van der Waals surface area (Å²) in [5, 5.41) is 3.58. The molecule has 1 N–H and O–H groups in total. The normalized spacial score (nSPS) is 13.7. The van der Waals surface area contributed by atoms with Gasteiger partial charge in [-0.2, -0.15) is 0 Å². The molecule has 7 nitrogen and oxygen atoms in total. The Morgan fingerprint density at radius 3 is 1.93 bits per heavy atom. The van der Waals surface area contributed by atoms with Crippen molar-refractivity contribution in [3.63, 3.8) is 0 Å². The van der Waals surface area contributed by atoms with E-state index in [0.29, 0.717) is 19.8 Å². The van der Waals surface area contributed by atoms with Crippen molar-refractivity contribution in [1.82, 2.24) is 10.2 Å². The largest absolute Gasteiger partial charge is 0.500 e. The van der Waals surface area contributed by atoms with Crippen LogP contribution in [0.1, 0.15) is 27.2 Å². The van der Waals surface area contributed by atoms with Crippen molar-refractivity contribution in [3.8, 4) is 0 Å². The molecule has 0 unspecified atom stereocenters. The van der Waals surface area contributed by atoms with Crippen LogP contribution in [-0.4, -0.2) is 92.6 Å². The monoisotopic (exact) mass is 438 g/mol. The third-order valence-electron chi connectivity index (χ3n) is 4.28. The summed E-state index contributed by atoms with van der Waals surface area (Å²) in [5.41, 5.74) is 0. The number of hydrogen-bond donors (Lipinski definition) is 1. The van der Waals surface area contributed by atoms with Crippen LogP contribution in [0.25, 0.3) is 0 Å². The average molecular weight is 439 g/mol. The van der Waals surface area contributed by atoms with Crippen molar-refractivity contribution in [2.45, 2.75) is 39.8 Å². The van der Waals surface area contributed by atoms with Crippen LogP contribution in [0.2, 0.25) is 12.6 Å². The van der Waals surface area contributed by atoms with E-state index in [-0.39, 0.29) is 0 Å². The fourth-order valence-electron chi connectivity index (χ4n) is 2.85. The van der Waals surface area contributed by atoms with Gasteiger partial charge in [-0.1, -0.05) is 0 Å². The van der Waals surface area contributed by atoms with Crippen molar-refractivity contribution in [3.05, 3.63) is 11.0 Å². The van der Waals surface area contributed by atoms with Crippen LogP contribution in [0.4, 0.5) is 0 Å². The van der Waals surface area contributed by atoms with Crippen molar-refractivity contribution >= 4 is 26.9 Å². The molecular formula is C17H42N2O5Si3. The number of nitrogens with zero attached hydrogens (tertiary/aromatic N) is 1. The van der Waals surface area contributed by atoms with E-state index in [0.717, 1.165) is 25.2 Å². The molecule has 0 aliphatic heterocycles. The van der Waals surface area contributed by atoms with Crippen molar-refractivity contribution < 1.29 is 22.1 Å². The number of rotatable bonds is 17. The molecule has 0 amide bonds. The molecule has 0 heterocycles. The van der Waals surface area contributed by atoms with Gasteiger partial charge >= 0.3 is 17.4 Å². The molecule has 0 saturated heterocycles. The van der Waals surface area contributed by atoms with E-state index < -0.39 is 26.9 Å². The van der Waals surface area contributed by atoms with E-state index in [1.807, 2.05) is 34.9 Å². The van der Waals surface area contributed by atoms with E-state index in [1.165, 1.54) is 4.82 Å². The van der Waals surface area contributed by atoms with Crippen LogP contribution < -0.4 is 5.32 Å². The van der Waals surface area contributed by atoms with Gasteiger partial charge < -0.3 is 32.3 Å². The van der Waals surface area contributed by atoms with Gasteiger partial charge in [0.15, 0.2) is 0 Å². The topological polar surface area (TPSA) is 61.4 Å². The number of nitrogens with one attached hydrogen (secondary N) is 1. The molecule has 0 aromatic heterocycles. The molecule has 27 heavy (non-hydrogen) atoms. The van der Waals surface area contributed by atoms with E-state index >= 15 is 0 Å². The molecule has 0 aromatic carbocycles. The highest BCUT2D eigenvalue weighted by atomic mass is 28.4. The Kier molecular flexibility index (Phi) is 14.9. The van der Waals surface area contributed by atoms with E-state index in [4.69, 9.17) is 22.1 Å². The molecule has 0 atom stereocenters. The quantitative estimate of drug-likeness (QED) is 0.272. The molecule has 10 heteroatoms. The summed E-state index contributed by atoms with van der Waals surface area (Å²) in [7, 11) is 2.34. The molecule has 0 saturated carbocycles. The standard InChI is InChI=1S/C17H42N2O5Si3/c1-9-22-27(23-10-2,24-11-3)14-12-13-18-16-25-17(15-19(4)5)26(8,20-6)21-7/h15,18H,9-14,16,25H2,1-8H3. The smallest absolute Gasteiger partial charge is 0.395 e. The molecule has 0 aromatic rings. The maximum absolute atomic E-state index is 5.91. The molecule has 0 aliphatic carbocycles. The van der Waals surface area contributed by atoms with Gasteiger partial charge in [-0.3, -0.25) is 0 Å². The predicted octanol–water partition coefficient (Wildman–Crippen LogP) is 1.45. The SMILES string of the molecule is CCO[Si](CCCNC[SiH2]C(=CN(C)C)[Si](C)(OC)OC)(OCC)OCC. The Morgan fingerprint density at radius 1 is 1.00 bits per heavy atom. The van der Waals surface area contributed by atoms with Gasteiger partial charge in [0.05, 0.1) is 9.52 Å². The highest BCUT2D eigenvalue weighted by Crippen LogP contribution is 2.18. The van der Waals surface area contributed by atoms with Gasteiger partial charge in [-0.05, 0) is 57.5 Å². The summed E-state index contributed by atoms with van der Waals surface area (Å²) in [6.45, 7) is 10.9. The fraction of sp³-hybridized carbons (Fsp3) is 0.882. The Balaban J connectivity index is 4.52. The second kappa shape index (κ2) is 14.9. The molecule has 162 valence electrons. The van der Waals surface area contributed by atoms with Crippen molar-refractivity contribution in [2.75, 3.05) is 60.8 Å². The lowest BCUT2D eigenvalue weighted by Crippen LogP contribution is -2.46. The summed E-state index contributed by atoms with van der Waals surface area (Å²) in [6.07, 6.45) is 4.18. The zero-order chi connectivity index (χ0) is 20.8.